The average Bonchev–Trinajstić information content (AvgIpc) is 2.64. The SMILES string of the molecule is Cc1cccc(-n2nc(C)c(C(=O)O)n2)c1C. The Hall–Kier alpha value is -2.17. The highest BCUT2D eigenvalue weighted by Crippen LogP contribution is 2.16. The zero-order valence-corrected chi connectivity index (χ0v) is 9.93. The van der Waals surface area contributed by atoms with E-state index in [-0.39, 0.29) is 5.69 Å². The van der Waals surface area contributed by atoms with Gasteiger partial charge in [0.25, 0.3) is 0 Å². The number of carbonyl (C=O) groups is 1. The van der Waals surface area contributed by atoms with E-state index < -0.39 is 5.97 Å². The summed E-state index contributed by atoms with van der Waals surface area (Å²) in [7, 11) is 0. The van der Waals surface area contributed by atoms with Crippen LogP contribution in [0, 0.1) is 20.8 Å². The lowest BCUT2D eigenvalue weighted by atomic mass is 10.1. The van der Waals surface area contributed by atoms with Crippen LogP contribution in [0.15, 0.2) is 18.2 Å². The minimum Gasteiger partial charge on any atom is -0.476 e. The third kappa shape index (κ3) is 1.91. The van der Waals surface area contributed by atoms with Crippen LogP contribution in [0.3, 0.4) is 0 Å². The number of carboxylic acids is 1. The predicted octanol–water partition coefficient (Wildman–Crippen LogP) is 1.89. The minimum absolute atomic E-state index is 0.00842. The maximum Gasteiger partial charge on any atom is 0.358 e. The molecular weight excluding hydrogens is 218 g/mol. The first-order valence-electron chi connectivity index (χ1n) is 5.24. The maximum absolute atomic E-state index is 10.9. The second kappa shape index (κ2) is 4.01. The molecule has 2 rings (SSSR count). The molecule has 0 fully saturated rings. The van der Waals surface area contributed by atoms with Gasteiger partial charge in [0.05, 0.1) is 11.4 Å². The molecule has 88 valence electrons. The van der Waals surface area contributed by atoms with E-state index in [1.165, 1.54) is 4.80 Å². The summed E-state index contributed by atoms with van der Waals surface area (Å²) in [6.45, 7) is 5.59. The summed E-state index contributed by atoms with van der Waals surface area (Å²) >= 11 is 0. The van der Waals surface area contributed by atoms with Gasteiger partial charge in [0.2, 0.25) is 0 Å². The molecular formula is C12H13N3O2. The molecule has 0 bridgehead atoms. The Labute approximate surface area is 98.7 Å². The number of aromatic nitrogens is 3. The van der Waals surface area contributed by atoms with Crippen molar-refractivity contribution in [3.63, 3.8) is 0 Å². The molecule has 5 nitrogen and oxygen atoms in total. The Morgan fingerprint density at radius 2 is 1.94 bits per heavy atom. The summed E-state index contributed by atoms with van der Waals surface area (Å²) < 4.78 is 0. The minimum atomic E-state index is -1.06. The Bertz CT molecular complexity index is 587. The predicted molar refractivity (Wildman–Crippen MR) is 62.5 cm³/mol. The fourth-order valence-electron chi connectivity index (χ4n) is 1.64. The highest BCUT2D eigenvalue weighted by molar-refractivity contribution is 5.86. The van der Waals surface area contributed by atoms with Crippen LogP contribution in [-0.2, 0) is 0 Å². The van der Waals surface area contributed by atoms with E-state index >= 15 is 0 Å². The first-order valence-corrected chi connectivity index (χ1v) is 5.24. The molecule has 0 radical (unpaired) electrons. The summed E-state index contributed by atoms with van der Waals surface area (Å²) in [5.74, 6) is -1.06. The summed E-state index contributed by atoms with van der Waals surface area (Å²) in [6.07, 6.45) is 0. The van der Waals surface area contributed by atoms with Crippen molar-refractivity contribution in [2.45, 2.75) is 20.8 Å². The van der Waals surface area contributed by atoms with E-state index in [1.807, 2.05) is 32.0 Å². The molecule has 1 heterocycles. The zero-order valence-electron chi connectivity index (χ0n) is 9.93. The average molecular weight is 231 g/mol. The van der Waals surface area contributed by atoms with Gasteiger partial charge in [-0.05, 0) is 38.0 Å². The van der Waals surface area contributed by atoms with Crippen molar-refractivity contribution in [3.8, 4) is 5.69 Å². The van der Waals surface area contributed by atoms with Crippen LogP contribution in [0.25, 0.3) is 5.69 Å². The molecule has 0 aliphatic heterocycles. The molecule has 5 heteroatoms. The largest absolute Gasteiger partial charge is 0.476 e. The van der Waals surface area contributed by atoms with Gasteiger partial charge < -0.3 is 5.11 Å². The van der Waals surface area contributed by atoms with Crippen molar-refractivity contribution in [1.82, 2.24) is 15.0 Å². The van der Waals surface area contributed by atoms with Crippen LogP contribution in [0.1, 0.15) is 27.3 Å². The van der Waals surface area contributed by atoms with Crippen molar-refractivity contribution in [2.75, 3.05) is 0 Å². The van der Waals surface area contributed by atoms with Gasteiger partial charge in [0.15, 0.2) is 5.69 Å². The van der Waals surface area contributed by atoms with E-state index in [1.54, 1.807) is 6.92 Å². The van der Waals surface area contributed by atoms with Gasteiger partial charge in [-0.1, -0.05) is 12.1 Å². The van der Waals surface area contributed by atoms with Crippen LogP contribution < -0.4 is 0 Å². The van der Waals surface area contributed by atoms with E-state index in [0.717, 1.165) is 16.8 Å². The van der Waals surface area contributed by atoms with Gasteiger partial charge in [0, 0.05) is 0 Å². The Kier molecular flexibility index (Phi) is 2.67. The molecule has 0 spiro atoms. The highest BCUT2D eigenvalue weighted by atomic mass is 16.4. The van der Waals surface area contributed by atoms with Gasteiger partial charge >= 0.3 is 5.97 Å². The van der Waals surface area contributed by atoms with Crippen molar-refractivity contribution < 1.29 is 9.90 Å². The topological polar surface area (TPSA) is 68.0 Å². The second-order valence-electron chi connectivity index (χ2n) is 3.95. The monoisotopic (exact) mass is 231 g/mol. The number of nitrogens with zero attached hydrogens (tertiary/aromatic N) is 3. The smallest absolute Gasteiger partial charge is 0.358 e. The fraction of sp³-hybridized carbons (Fsp3) is 0.250. The summed E-state index contributed by atoms with van der Waals surface area (Å²) in [4.78, 5) is 12.3. The van der Waals surface area contributed by atoms with Gasteiger partial charge in [0.1, 0.15) is 0 Å². The number of aromatic carboxylic acids is 1. The quantitative estimate of drug-likeness (QED) is 0.857. The Morgan fingerprint density at radius 1 is 1.24 bits per heavy atom. The molecule has 0 atom stereocenters. The van der Waals surface area contributed by atoms with Crippen molar-refractivity contribution in [1.29, 1.82) is 0 Å². The summed E-state index contributed by atoms with van der Waals surface area (Å²) in [5.41, 5.74) is 3.37. The molecule has 0 aliphatic rings. The lowest BCUT2D eigenvalue weighted by molar-refractivity contribution is 0.0689. The number of rotatable bonds is 2. The third-order valence-corrected chi connectivity index (χ3v) is 2.78. The number of benzene rings is 1. The number of hydrogen-bond acceptors (Lipinski definition) is 3. The number of carboxylic acid groups (broad SMARTS) is 1. The van der Waals surface area contributed by atoms with E-state index in [0.29, 0.717) is 5.69 Å². The van der Waals surface area contributed by atoms with Gasteiger partial charge in [-0.15, -0.1) is 5.10 Å². The first kappa shape index (κ1) is 11.3. The number of aryl methyl sites for hydroxylation is 2. The summed E-state index contributed by atoms with van der Waals surface area (Å²) in [6, 6.07) is 5.76. The van der Waals surface area contributed by atoms with E-state index in [9.17, 15) is 4.79 Å². The fourth-order valence-corrected chi connectivity index (χ4v) is 1.64. The van der Waals surface area contributed by atoms with Crippen molar-refractivity contribution in [2.24, 2.45) is 0 Å². The zero-order chi connectivity index (χ0) is 12.6. The van der Waals surface area contributed by atoms with Gasteiger partial charge in [-0.25, -0.2) is 4.79 Å². The molecule has 0 unspecified atom stereocenters. The van der Waals surface area contributed by atoms with Crippen LogP contribution in [-0.4, -0.2) is 26.1 Å². The third-order valence-electron chi connectivity index (χ3n) is 2.78. The second-order valence-corrected chi connectivity index (χ2v) is 3.95. The van der Waals surface area contributed by atoms with E-state index in [4.69, 9.17) is 5.11 Å². The number of hydrogen-bond donors (Lipinski definition) is 1. The molecule has 2 aromatic rings. The normalized spacial score (nSPS) is 10.5. The maximum atomic E-state index is 10.9. The van der Waals surface area contributed by atoms with Crippen LogP contribution in [0.4, 0.5) is 0 Å². The van der Waals surface area contributed by atoms with Crippen molar-refractivity contribution >= 4 is 5.97 Å². The molecule has 1 N–H and O–H groups in total. The van der Waals surface area contributed by atoms with Gasteiger partial charge in [-0.2, -0.15) is 9.90 Å². The van der Waals surface area contributed by atoms with Crippen LogP contribution >= 0.6 is 0 Å². The molecule has 1 aromatic carbocycles. The highest BCUT2D eigenvalue weighted by Gasteiger charge is 2.15. The standard InChI is InChI=1S/C12H13N3O2/c1-7-5-4-6-10(8(7)2)15-13-9(3)11(14-15)12(16)17/h4-6H,1-3H3,(H,16,17). The molecule has 0 saturated carbocycles. The summed E-state index contributed by atoms with van der Waals surface area (Å²) in [5, 5.41) is 17.1. The lowest BCUT2D eigenvalue weighted by Crippen LogP contribution is -2.04. The van der Waals surface area contributed by atoms with Crippen molar-refractivity contribution in [3.05, 3.63) is 40.7 Å². The van der Waals surface area contributed by atoms with Gasteiger partial charge in [-0.3, -0.25) is 0 Å². The first-order chi connectivity index (χ1) is 8.00. The molecule has 0 saturated heterocycles. The van der Waals surface area contributed by atoms with E-state index in [2.05, 4.69) is 10.2 Å². The molecule has 1 aromatic heterocycles. The van der Waals surface area contributed by atoms with Crippen LogP contribution in [0.5, 0.6) is 0 Å². The van der Waals surface area contributed by atoms with Crippen LogP contribution in [0.2, 0.25) is 0 Å². The Morgan fingerprint density at radius 3 is 2.53 bits per heavy atom. The lowest BCUT2D eigenvalue weighted by Gasteiger charge is -2.06. The molecule has 0 aliphatic carbocycles. The molecule has 17 heavy (non-hydrogen) atoms. The molecule has 0 amide bonds. The Balaban J connectivity index is 2.58.